The standard InChI is InChI=1S/C26H35ClN5O5P/c1-38(35,36)37-20-6-4-19(5-7-20)30-24(34)21-14-29-25(32-11-10-26(16-32)8-9-26)31-23(21)28-13-17-2-3-18(15-33)22(27)12-17/h2-3,12,14,19-20,33H,4-11,13,15-16H2,1H3,(H,30,34)(H,35,36)(H,28,29,31)/t19-,20+. The van der Waals surface area contributed by atoms with E-state index in [1.54, 1.807) is 18.3 Å². The number of benzene rings is 1. The topological polar surface area (TPSA) is 137 Å². The minimum Gasteiger partial charge on any atom is -0.392 e. The number of nitrogens with zero attached hydrogens (tertiary/aromatic N) is 3. The van der Waals surface area contributed by atoms with Crippen LogP contribution in [0.5, 0.6) is 0 Å². The van der Waals surface area contributed by atoms with E-state index >= 15 is 0 Å². The van der Waals surface area contributed by atoms with Crippen LogP contribution in [0.4, 0.5) is 11.8 Å². The molecule has 0 radical (unpaired) electrons. The van der Waals surface area contributed by atoms with Crippen molar-refractivity contribution in [2.75, 3.05) is 30.0 Å². The van der Waals surface area contributed by atoms with E-state index in [4.69, 9.17) is 21.1 Å². The number of carbonyl (C=O) groups is 1. The lowest BCUT2D eigenvalue weighted by molar-refractivity contribution is 0.0881. The van der Waals surface area contributed by atoms with Crippen LogP contribution in [0.15, 0.2) is 24.4 Å². The van der Waals surface area contributed by atoms with Crippen LogP contribution in [0.2, 0.25) is 5.02 Å². The van der Waals surface area contributed by atoms with Crippen LogP contribution >= 0.6 is 19.2 Å². The van der Waals surface area contributed by atoms with Crippen LogP contribution in [0, 0.1) is 5.41 Å². The summed E-state index contributed by atoms with van der Waals surface area (Å²) in [6.45, 7) is 3.32. The van der Waals surface area contributed by atoms with Gasteiger partial charge in [-0.1, -0.05) is 23.7 Å². The molecule has 5 rings (SSSR count). The van der Waals surface area contributed by atoms with Gasteiger partial charge in [-0.3, -0.25) is 9.36 Å². The Balaban J connectivity index is 1.29. The first-order valence-corrected chi connectivity index (χ1v) is 15.6. The number of amides is 1. The van der Waals surface area contributed by atoms with E-state index in [-0.39, 0.29) is 24.7 Å². The van der Waals surface area contributed by atoms with Crippen molar-refractivity contribution in [1.29, 1.82) is 0 Å². The second kappa shape index (κ2) is 11.1. The summed E-state index contributed by atoms with van der Waals surface area (Å²) in [5.41, 5.74) is 2.33. The summed E-state index contributed by atoms with van der Waals surface area (Å²) in [5.74, 6) is 0.809. The first-order valence-electron chi connectivity index (χ1n) is 13.2. The summed E-state index contributed by atoms with van der Waals surface area (Å²) in [6, 6.07) is 5.39. The van der Waals surface area contributed by atoms with Gasteiger partial charge < -0.3 is 30.1 Å². The molecule has 1 aromatic heterocycles. The van der Waals surface area contributed by atoms with Crippen molar-refractivity contribution in [3.8, 4) is 0 Å². The quantitative estimate of drug-likeness (QED) is 0.332. The highest BCUT2D eigenvalue weighted by Crippen LogP contribution is 2.53. The summed E-state index contributed by atoms with van der Waals surface area (Å²) in [6.07, 6.45) is 7.48. The minimum atomic E-state index is -3.53. The molecule has 38 heavy (non-hydrogen) atoms. The van der Waals surface area contributed by atoms with Gasteiger partial charge in [-0.15, -0.1) is 0 Å². The van der Waals surface area contributed by atoms with E-state index in [2.05, 4.69) is 20.5 Å². The first-order chi connectivity index (χ1) is 18.1. The Morgan fingerprint density at radius 3 is 2.66 bits per heavy atom. The summed E-state index contributed by atoms with van der Waals surface area (Å²) in [7, 11) is -3.53. The van der Waals surface area contributed by atoms with E-state index in [1.165, 1.54) is 19.5 Å². The average Bonchev–Trinajstić information content (AvgIpc) is 3.51. The van der Waals surface area contributed by atoms with Crippen molar-refractivity contribution in [2.24, 2.45) is 5.41 Å². The molecule has 206 valence electrons. The molecule has 10 nitrogen and oxygen atoms in total. The van der Waals surface area contributed by atoms with Gasteiger partial charge in [0.25, 0.3) is 5.91 Å². The van der Waals surface area contributed by atoms with Gasteiger partial charge in [-0.05, 0) is 67.6 Å². The van der Waals surface area contributed by atoms with Gasteiger partial charge in [-0.25, -0.2) is 4.98 Å². The SMILES string of the molecule is CP(=O)(O)O[C@H]1CC[C@@H](NC(=O)c2cnc(N3CCC4(CC4)C3)nc2NCc2ccc(CO)c(Cl)c2)CC1. The Hall–Kier alpha value is -2.23. The maximum absolute atomic E-state index is 13.3. The van der Waals surface area contributed by atoms with Crippen molar-refractivity contribution in [3.63, 3.8) is 0 Å². The molecule has 1 spiro atoms. The molecule has 2 aliphatic carbocycles. The van der Waals surface area contributed by atoms with E-state index in [0.717, 1.165) is 25.1 Å². The lowest BCUT2D eigenvalue weighted by Crippen LogP contribution is -2.39. The lowest BCUT2D eigenvalue weighted by Gasteiger charge is -2.29. The van der Waals surface area contributed by atoms with Gasteiger partial charge in [0.2, 0.25) is 5.95 Å². The molecular formula is C26H35ClN5O5P. The number of halogens is 1. The number of aliphatic hydroxyl groups excluding tert-OH is 1. The Kier molecular flexibility index (Phi) is 7.99. The van der Waals surface area contributed by atoms with Crippen LogP contribution in [0.25, 0.3) is 0 Å². The van der Waals surface area contributed by atoms with Crippen LogP contribution < -0.4 is 15.5 Å². The number of anilines is 2. The predicted octanol–water partition coefficient (Wildman–Crippen LogP) is 4.10. The third-order valence-corrected chi connectivity index (χ3v) is 8.84. The molecule has 1 atom stereocenters. The normalized spacial score (nSPS) is 23.7. The number of nitrogens with one attached hydrogen (secondary N) is 2. The molecule has 1 saturated heterocycles. The zero-order valence-electron chi connectivity index (χ0n) is 21.5. The number of hydrogen-bond acceptors (Lipinski definition) is 8. The van der Waals surface area contributed by atoms with Crippen LogP contribution in [0.3, 0.4) is 0 Å². The predicted molar refractivity (Wildman–Crippen MR) is 146 cm³/mol. The molecule has 1 unspecified atom stereocenters. The molecular weight excluding hydrogens is 529 g/mol. The lowest BCUT2D eigenvalue weighted by atomic mass is 9.93. The molecule has 2 saturated carbocycles. The fourth-order valence-electron chi connectivity index (χ4n) is 5.38. The molecule has 0 bridgehead atoms. The fourth-order valence-corrected chi connectivity index (χ4v) is 6.41. The van der Waals surface area contributed by atoms with Gasteiger partial charge >= 0.3 is 7.60 Å². The number of rotatable bonds is 9. The van der Waals surface area contributed by atoms with Crippen LogP contribution in [-0.4, -0.2) is 57.8 Å². The zero-order chi connectivity index (χ0) is 26.9. The largest absolute Gasteiger partial charge is 0.392 e. The summed E-state index contributed by atoms with van der Waals surface area (Å²) in [5, 5.41) is 16.3. The molecule has 1 aromatic carbocycles. The second-order valence-electron chi connectivity index (χ2n) is 10.9. The van der Waals surface area contributed by atoms with Crippen molar-refractivity contribution in [3.05, 3.63) is 46.1 Å². The summed E-state index contributed by atoms with van der Waals surface area (Å²) in [4.78, 5) is 34.4. The number of aliphatic hydroxyl groups is 1. The van der Waals surface area contributed by atoms with Crippen molar-refractivity contribution >= 4 is 36.9 Å². The molecule has 12 heteroatoms. The molecule has 4 N–H and O–H groups in total. The highest BCUT2D eigenvalue weighted by Gasteiger charge is 2.48. The maximum Gasteiger partial charge on any atom is 0.325 e. The van der Waals surface area contributed by atoms with Crippen LogP contribution in [-0.2, 0) is 22.2 Å². The third-order valence-electron chi connectivity index (χ3n) is 7.80. The number of carbonyl (C=O) groups excluding carboxylic acids is 1. The number of aromatic nitrogens is 2. The molecule has 3 fully saturated rings. The fraction of sp³-hybridized carbons (Fsp3) is 0.577. The van der Waals surface area contributed by atoms with Crippen LogP contribution in [0.1, 0.15) is 66.4 Å². The first kappa shape index (κ1) is 27.3. The summed E-state index contributed by atoms with van der Waals surface area (Å²) >= 11 is 6.27. The minimum absolute atomic E-state index is 0.0667. The van der Waals surface area contributed by atoms with Crippen molar-refractivity contribution < 1.29 is 23.9 Å². The van der Waals surface area contributed by atoms with Gasteiger partial charge in [0, 0.05) is 43.6 Å². The van der Waals surface area contributed by atoms with Gasteiger partial charge in [-0.2, -0.15) is 4.98 Å². The van der Waals surface area contributed by atoms with Gasteiger partial charge in [0.1, 0.15) is 11.4 Å². The Morgan fingerprint density at radius 2 is 2.03 bits per heavy atom. The van der Waals surface area contributed by atoms with Gasteiger partial charge in [0.05, 0.1) is 12.7 Å². The Labute approximate surface area is 227 Å². The molecule has 3 aliphatic rings. The molecule has 2 heterocycles. The van der Waals surface area contributed by atoms with E-state index in [9.17, 15) is 19.4 Å². The zero-order valence-corrected chi connectivity index (χ0v) is 23.2. The Morgan fingerprint density at radius 1 is 1.26 bits per heavy atom. The van der Waals surface area contributed by atoms with Crippen molar-refractivity contribution in [2.45, 2.75) is 70.2 Å². The monoisotopic (exact) mass is 563 g/mol. The average molecular weight is 564 g/mol. The molecule has 1 amide bonds. The Bertz CT molecular complexity index is 1230. The van der Waals surface area contributed by atoms with E-state index < -0.39 is 7.60 Å². The van der Waals surface area contributed by atoms with E-state index in [0.29, 0.717) is 65.6 Å². The smallest absolute Gasteiger partial charge is 0.325 e. The highest BCUT2D eigenvalue weighted by molar-refractivity contribution is 7.51. The number of hydrogen-bond donors (Lipinski definition) is 4. The summed E-state index contributed by atoms with van der Waals surface area (Å²) < 4.78 is 16.8. The van der Waals surface area contributed by atoms with Crippen molar-refractivity contribution in [1.82, 2.24) is 15.3 Å². The van der Waals surface area contributed by atoms with Gasteiger partial charge in [0.15, 0.2) is 0 Å². The van der Waals surface area contributed by atoms with E-state index in [1.807, 2.05) is 6.07 Å². The molecule has 1 aliphatic heterocycles. The molecule has 2 aromatic rings. The third kappa shape index (κ3) is 6.66. The highest BCUT2D eigenvalue weighted by atomic mass is 35.5. The second-order valence-corrected chi connectivity index (χ2v) is 13.1. The maximum atomic E-state index is 13.3.